The number of hydrogen-bond acceptors (Lipinski definition) is 4. The maximum absolute atomic E-state index is 5.51. The Labute approximate surface area is 102 Å². The number of nitrogens with zero attached hydrogens (tertiary/aromatic N) is 2. The van der Waals surface area contributed by atoms with Crippen LogP contribution in [0.4, 0.5) is 0 Å². The lowest BCUT2D eigenvalue weighted by Crippen LogP contribution is -2.02. The minimum Gasteiger partial charge on any atom is -0.421 e. The van der Waals surface area contributed by atoms with Crippen LogP contribution in [0, 0.1) is 6.92 Å². The van der Waals surface area contributed by atoms with E-state index in [2.05, 4.69) is 26.1 Å². The number of aromatic nitrogens is 2. The molecule has 84 valence electrons. The quantitative estimate of drug-likeness (QED) is 0.938. The van der Waals surface area contributed by atoms with Gasteiger partial charge in [-0.25, -0.2) is 0 Å². The maximum Gasteiger partial charge on any atom is 0.248 e. The fourth-order valence-corrected chi connectivity index (χ4v) is 1.93. The van der Waals surface area contributed by atoms with Gasteiger partial charge in [0.15, 0.2) is 0 Å². The van der Waals surface area contributed by atoms with Crippen LogP contribution in [0.2, 0.25) is 0 Å². The van der Waals surface area contributed by atoms with Gasteiger partial charge in [0.1, 0.15) is 0 Å². The Bertz CT molecular complexity index is 496. The second-order valence-corrected chi connectivity index (χ2v) is 4.41. The zero-order chi connectivity index (χ0) is 11.5. The van der Waals surface area contributed by atoms with Gasteiger partial charge in [-0.3, -0.25) is 0 Å². The molecule has 0 aliphatic carbocycles. The standard InChI is InChI=1S/C11H12BrN3O/c1-7-6-8(12)2-3-9(7)11-15-14-10(16-11)4-5-13/h2-3,6H,4-5,13H2,1H3. The Morgan fingerprint density at radius 2 is 2.19 bits per heavy atom. The second kappa shape index (κ2) is 4.76. The lowest BCUT2D eigenvalue weighted by Gasteiger charge is -2.00. The van der Waals surface area contributed by atoms with Gasteiger partial charge in [0, 0.05) is 23.0 Å². The van der Waals surface area contributed by atoms with Gasteiger partial charge in [-0.15, -0.1) is 10.2 Å². The van der Waals surface area contributed by atoms with Gasteiger partial charge >= 0.3 is 0 Å². The van der Waals surface area contributed by atoms with Crippen LogP contribution in [0.25, 0.3) is 11.5 Å². The van der Waals surface area contributed by atoms with Crippen molar-refractivity contribution in [2.24, 2.45) is 5.73 Å². The summed E-state index contributed by atoms with van der Waals surface area (Å²) in [4.78, 5) is 0. The van der Waals surface area contributed by atoms with Crippen LogP contribution in [-0.4, -0.2) is 16.7 Å². The molecule has 0 spiro atoms. The average molecular weight is 282 g/mol. The molecule has 0 saturated carbocycles. The summed E-state index contributed by atoms with van der Waals surface area (Å²) < 4.78 is 6.55. The maximum atomic E-state index is 5.51. The molecule has 0 radical (unpaired) electrons. The van der Waals surface area contributed by atoms with Crippen molar-refractivity contribution < 1.29 is 4.42 Å². The minimum absolute atomic E-state index is 0.515. The van der Waals surface area contributed by atoms with Gasteiger partial charge in [-0.1, -0.05) is 15.9 Å². The van der Waals surface area contributed by atoms with E-state index in [9.17, 15) is 0 Å². The predicted molar refractivity (Wildman–Crippen MR) is 64.9 cm³/mol. The van der Waals surface area contributed by atoms with Gasteiger partial charge in [0.25, 0.3) is 0 Å². The molecule has 0 unspecified atom stereocenters. The van der Waals surface area contributed by atoms with Crippen LogP contribution in [0.15, 0.2) is 27.1 Å². The molecule has 1 aromatic heterocycles. The van der Waals surface area contributed by atoms with Gasteiger partial charge in [0.2, 0.25) is 11.8 Å². The van der Waals surface area contributed by atoms with Crippen molar-refractivity contribution in [3.63, 3.8) is 0 Å². The molecule has 0 atom stereocenters. The Kier molecular flexibility index (Phi) is 3.36. The molecule has 2 N–H and O–H groups in total. The average Bonchev–Trinajstić information content (AvgIpc) is 2.67. The van der Waals surface area contributed by atoms with Crippen molar-refractivity contribution in [3.8, 4) is 11.5 Å². The van der Waals surface area contributed by atoms with Crippen LogP contribution >= 0.6 is 15.9 Å². The third kappa shape index (κ3) is 2.31. The monoisotopic (exact) mass is 281 g/mol. The van der Waals surface area contributed by atoms with Gasteiger partial charge in [0.05, 0.1) is 0 Å². The van der Waals surface area contributed by atoms with E-state index >= 15 is 0 Å². The van der Waals surface area contributed by atoms with E-state index in [0.29, 0.717) is 24.7 Å². The first-order valence-corrected chi connectivity index (χ1v) is 5.79. The summed E-state index contributed by atoms with van der Waals surface area (Å²) in [6.07, 6.45) is 0.614. The Hall–Kier alpha value is -1.20. The van der Waals surface area contributed by atoms with Crippen molar-refractivity contribution in [1.82, 2.24) is 10.2 Å². The molecule has 16 heavy (non-hydrogen) atoms. The molecule has 0 aliphatic heterocycles. The van der Waals surface area contributed by atoms with Gasteiger partial charge in [-0.2, -0.15) is 0 Å². The van der Waals surface area contributed by atoms with E-state index in [0.717, 1.165) is 15.6 Å². The van der Waals surface area contributed by atoms with Crippen molar-refractivity contribution in [3.05, 3.63) is 34.1 Å². The molecule has 5 heteroatoms. The zero-order valence-corrected chi connectivity index (χ0v) is 10.5. The third-order valence-electron chi connectivity index (χ3n) is 2.24. The first kappa shape index (κ1) is 11.3. The molecule has 0 aliphatic rings. The molecule has 0 amide bonds. The Morgan fingerprint density at radius 1 is 1.38 bits per heavy atom. The van der Waals surface area contributed by atoms with E-state index in [-0.39, 0.29) is 0 Å². The number of nitrogens with two attached hydrogens (primary N) is 1. The largest absolute Gasteiger partial charge is 0.421 e. The normalized spacial score (nSPS) is 10.7. The second-order valence-electron chi connectivity index (χ2n) is 3.50. The van der Waals surface area contributed by atoms with Crippen LogP contribution < -0.4 is 5.73 Å². The van der Waals surface area contributed by atoms with Crippen molar-refractivity contribution in [2.75, 3.05) is 6.54 Å². The number of halogens is 1. The first-order valence-electron chi connectivity index (χ1n) is 4.99. The smallest absolute Gasteiger partial charge is 0.248 e. The summed E-state index contributed by atoms with van der Waals surface area (Å²) in [7, 11) is 0. The molecular weight excluding hydrogens is 270 g/mol. The highest BCUT2D eigenvalue weighted by Crippen LogP contribution is 2.24. The van der Waals surface area contributed by atoms with Crippen molar-refractivity contribution >= 4 is 15.9 Å². The summed E-state index contributed by atoms with van der Waals surface area (Å²) in [6, 6.07) is 5.93. The van der Waals surface area contributed by atoms with E-state index in [1.54, 1.807) is 0 Å². The predicted octanol–water partition coefficient (Wildman–Crippen LogP) is 2.31. The highest BCUT2D eigenvalue weighted by atomic mass is 79.9. The summed E-state index contributed by atoms with van der Waals surface area (Å²) in [5.41, 5.74) is 7.48. The highest BCUT2D eigenvalue weighted by molar-refractivity contribution is 9.10. The molecule has 0 bridgehead atoms. The SMILES string of the molecule is Cc1cc(Br)ccc1-c1nnc(CCN)o1. The zero-order valence-electron chi connectivity index (χ0n) is 8.90. The van der Waals surface area contributed by atoms with Crippen LogP contribution in [0.5, 0.6) is 0 Å². The highest BCUT2D eigenvalue weighted by Gasteiger charge is 2.10. The molecule has 0 fully saturated rings. The molecular formula is C11H12BrN3O. The van der Waals surface area contributed by atoms with E-state index in [1.165, 1.54) is 0 Å². The topological polar surface area (TPSA) is 64.9 Å². The molecule has 1 aromatic carbocycles. The molecule has 1 heterocycles. The van der Waals surface area contributed by atoms with Crippen molar-refractivity contribution in [2.45, 2.75) is 13.3 Å². The van der Waals surface area contributed by atoms with Crippen LogP contribution in [0.1, 0.15) is 11.5 Å². The Morgan fingerprint density at radius 3 is 2.88 bits per heavy atom. The van der Waals surface area contributed by atoms with E-state index in [4.69, 9.17) is 10.2 Å². The molecule has 2 aromatic rings. The van der Waals surface area contributed by atoms with Gasteiger partial charge < -0.3 is 10.2 Å². The number of rotatable bonds is 3. The molecule has 4 nitrogen and oxygen atoms in total. The van der Waals surface area contributed by atoms with E-state index < -0.39 is 0 Å². The van der Waals surface area contributed by atoms with Crippen LogP contribution in [-0.2, 0) is 6.42 Å². The fourth-order valence-electron chi connectivity index (χ4n) is 1.45. The molecule has 0 saturated heterocycles. The lowest BCUT2D eigenvalue weighted by atomic mass is 10.1. The summed E-state index contributed by atoms with van der Waals surface area (Å²) >= 11 is 3.42. The lowest BCUT2D eigenvalue weighted by molar-refractivity contribution is 0.507. The number of benzene rings is 1. The Balaban J connectivity index is 2.35. The third-order valence-corrected chi connectivity index (χ3v) is 2.74. The number of hydrogen-bond donors (Lipinski definition) is 1. The van der Waals surface area contributed by atoms with Crippen molar-refractivity contribution in [1.29, 1.82) is 0 Å². The first-order chi connectivity index (χ1) is 7.70. The number of aryl methyl sites for hydroxylation is 1. The fraction of sp³-hybridized carbons (Fsp3) is 0.273. The van der Waals surface area contributed by atoms with E-state index in [1.807, 2.05) is 25.1 Å². The van der Waals surface area contributed by atoms with Gasteiger partial charge in [-0.05, 0) is 30.7 Å². The summed E-state index contributed by atoms with van der Waals surface area (Å²) in [5, 5.41) is 7.95. The molecule has 2 rings (SSSR count). The minimum atomic E-state index is 0.515. The summed E-state index contributed by atoms with van der Waals surface area (Å²) in [6.45, 7) is 2.52. The van der Waals surface area contributed by atoms with Crippen LogP contribution in [0.3, 0.4) is 0 Å². The summed E-state index contributed by atoms with van der Waals surface area (Å²) in [5.74, 6) is 1.13.